The van der Waals surface area contributed by atoms with Crippen LogP contribution in [0.2, 0.25) is 0 Å². The molecule has 1 saturated carbocycles. The maximum atomic E-state index is 12.1. The highest BCUT2D eigenvalue weighted by atomic mass is 16.8. The molecule has 1 aliphatic rings. The molecule has 1 aliphatic carbocycles. The highest BCUT2D eigenvalue weighted by molar-refractivity contribution is 5.61. The number of unbranched alkanes of at least 4 members (excludes halogenated alkanes) is 9. The van der Waals surface area contributed by atoms with Gasteiger partial charge < -0.3 is 18.9 Å². The number of hydrogen-bond acceptors (Lipinski definition) is 6. The van der Waals surface area contributed by atoms with Gasteiger partial charge in [0.15, 0.2) is 0 Å². The summed E-state index contributed by atoms with van der Waals surface area (Å²) in [4.78, 5) is 24.2. The molecule has 0 saturated heterocycles. The number of carbonyl (C=O) groups is 2. The average Bonchev–Trinajstić information content (AvgIpc) is 2.80. The van der Waals surface area contributed by atoms with Crippen molar-refractivity contribution in [3.63, 3.8) is 0 Å². The van der Waals surface area contributed by atoms with E-state index in [-0.39, 0.29) is 0 Å². The second-order valence-corrected chi connectivity index (χ2v) is 11.0. The zero-order chi connectivity index (χ0) is 25.7. The molecule has 6 nitrogen and oxygen atoms in total. The van der Waals surface area contributed by atoms with E-state index >= 15 is 0 Å². The summed E-state index contributed by atoms with van der Waals surface area (Å²) in [6.07, 6.45) is 16.1. The van der Waals surface area contributed by atoms with Gasteiger partial charge in [0, 0.05) is 0 Å². The molecule has 0 amide bonds. The van der Waals surface area contributed by atoms with Gasteiger partial charge in [0.1, 0.15) is 12.2 Å². The smallest absolute Gasteiger partial charge is 0.434 e. The molecule has 1 fully saturated rings. The van der Waals surface area contributed by atoms with Crippen LogP contribution in [0, 0.1) is 11.8 Å². The topological polar surface area (TPSA) is 71.1 Å². The molecule has 0 N–H and O–H groups in total. The Kier molecular flexibility index (Phi) is 18.7. The molecule has 0 radical (unpaired) electrons. The lowest BCUT2D eigenvalue weighted by molar-refractivity contribution is -0.0713. The third-order valence-electron chi connectivity index (χ3n) is 6.68. The van der Waals surface area contributed by atoms with Crippen molar-refractivity contribution in [3.8, 4) is 0 Å². The highest BCUT2D eigenvalue weighted by Crippen LogP contribution is 2.25. The van der Waals surface area contributed by atoms with Crippen LogP contribution in [0.15, 0.2) is 0 Å². The van der Waals surface area contributed by atoms with Crippen molar-refractivity contribution in [1.82, 2.24) is 0 Å². The van der Waals surface area contributed by atoms with E-state index in [0.29, 0.717) is 26.1 Å². The van der Waals surface area contributed by atoms with E-state index in [9.17, 15) is 9.59 Å². The highest BCUT2D eigenvalue weighted by Gasteiger charge is 2.32. The van der Waals surface area contributed by atoms with Gasteiger partial charge in [-0.15, -0.1) is 0 Å². The molecule has 6 heteroatoms. The van der Waals surface area contributed by atoms with Crippen molar-refractivity contribution < 1.29 is 28.5 Å². The van der Waals surface area contributed by atoms with Crippen LogP contribution in [-0.4, -0.2) is 37.7 Å². The summed E-state index contributed by atoms with van der Waals surface area (Å²) in [5, 5.41) is 0. The minimum absolute atomic E-state index is 0.376. The maximum absolute atomic E-state index is 12.1. The largest absolute Gasteiger partial charge is 0.508 e. The van der Waals surface area contributed by atoms with Crippen LogP contribution in [0.5, 0.6) is 0 Å². The van der Waals surface area contributed by atoms with E-state index < -0.39 is 24.5 Å². The Bertz CT molecular complexity index is 533. The molecule has 2 unspecified atom stereocenters. The Morgan fingerprint density at radius 1 is 0.571 bits per heavy atom. The summed E-state index contributed by atoms with van der Waals surface area (Å²) >= 11 is 0. The fourth-order valence-corrected chi connectivity index (χ4v) is 4.51. The van der Waals surface area contributed by atoms with Crippen molar-refractivity contribution in [1.29, 1.82) is 0 Å². The first kappa shape index (κ1) is 31.6. The Morgan fingerprint density at radius 3 is 1.29 bits per heavy atom. The number of carbonyl (C=O) groups excluding carboxylic acids is 2. The fourth-order valence-electron chi connectivity index (χ4n) is 4.51. The molecule has 1 rings (SSSR count). The van der Waals surface area contributed by atoms with Crippen molar-refractivity contribution >= 4 is 12.3 Å². The lowest BCUT2D eigenvalue weighted by Crippen LogP contribution is -2.38. The predicted octanol–water partition coefficient (Wildman–Crippen LogP) is 8.99. The van der Waals surface area contributed by atoms with E-state index in [0.717, 1.165) is 50.4 Å². The predicted molar refractivity (Wildman–Crippen MR) is 141 cm³/mol. The van der Waals surface area contributed by atoms with Crippen LogP contribution < -0.4 is 0 Å². The minimum Gasteiger partial charge on any atom is -0.434 e. The van der Waals surface area contributed by atoms with Crippen molar-refractivity contribution in [2.45, 2.75) is 149 Å². The molecule has 35 heavy (non-hydrogen) atoms. The standard InChI is InChI=1S/C29H54O6/c1-24(2)18-12-8-5-6-10-16-22-32-28(30)34-26-20-14-15-21-27(26)35-29(31)33-23-17-11-7-9-13-19-25(3)4/h24-27H,5-23H2,1-4H3. The summed E-state index contributed by atoms with van der Waals surface area (Å²) in [7, 11) is 0. The summed E-state index contributed by atoms with van der Waals surface area (Å²) in [6, 6.07) is 0. The van der Waals surface area contributed by atoms with Crippen molar-refractivity contribution in [2.24, 2.45) is 11.8 Å². The van der Waals surface area contributed by atoms with E-state index in [1.165, 1.54) is 57.8 Å². The van der Waals surface area contributed by atoms with Gasteiger partial charge in [-0.2, -0.15) is 0 Å². The molecule has 2 atom stereocenters. The molecule has 0 bridgehead atoms. The van der Waals surface area contributed by atoms with E-state index in [4.69, 9.17) is 18.9 Å². The molecule has 0 aromatic rings. The lowest BCUT2D eigenvalue weighted by atomic mass is 9.95. The van der Waals surface area contributed by atoms with Crippen LogP contribution in [0.4, 0.5) is 9.59 Å². The molecule has 0 aromatic carbocycles. The zero-order valence-electron chi connectivity index (χ0n) is 23.2. The van der Waals surface area contributed by atoms with Gasteiger partial charge in [0.25, 0.3) is 0 Å². The van der Waals surface area contributed by atoms with Gasteiger partial charge in [0.05, 0.1) is 13.2 Å². The van der Waals surface area contributed by atoms with Gasteiger partial charge in [-0.05, 0) is 50.4 Å². The van der Waals surface area contributed by atoms with Gasteiger partial charge in [-0.3, -0.25) is 0 Å². The first-order chi connectivity index (χ1) is 16.9. The quantitative estimate of drug-likeness (QED) is 0.131. The minimum atomic E-state index is -0.660. The van der Waals surface area contributed by atoms with Gasteiger partial charge in [-0.1, -0.05) is 98.3 Å². The fraction of sp³-hybridized carbons (Fsp3) is 0.931. The summed E-state index contributed by atoms with van der Waals surface area (Å²) < 4.78 is 21.5. The molecule has 0 aliphatic heterocycles. The summed E-state index contributed by atoms with van der Waals surface area (Å²) in [5.74, 6) is 1.55. The second-order valence-electron chi connectivity index (χ2n) is 11.0. The van der Waals surface area contributed by atoms with E-state index in [2.05, 4.69) is 27.7 Å². The molecule has 0 heterocycles. The lowest BCUT2D eigenvalue weighted by Gasteiger charge is -2.29. The second kappa shape index (κ2) is 20.7. The summed E-state index contributed by atoms with van der Waals surface area (Å²) in [6.45, 7) is 9.79. The monoisotopic (exact) mass is 498 g/mol. The molecular formula is C29H54O6. The normalized spacial score (nSPS) is 18.0. The molecular weight excluding hydrogens is 444 g/mol. The van der Waals surface area contributed by atoms with Crippen molar-refractivity contribution in [2.75, 3.05) is 13.2 Å². The molecule has 0 spiro atoms. The Morgan fingerprint density at radius 2 is 0.914 bits per heavy atom. The van der Waals surface area contributed by atoms with Crippen LogP contribution in [0.3, 0.4) is 0 Å². The number of rotatable bonds is 19. The maximum Gasteiger partial charge on any atom is 0.508 e. The van der Waals surface area contributed by atoms with Crippen LogP contribution in [-0.2, 0) is 18.9 Å². The van der Waals surface area contributed by atoms with Crippen LogP contribution in [0.25, 0.3) is 0 Å². The van der Waals surface area contributed by atoms with Gasteiger partial charge in [-0.25, -0.2) is 9.59 Å². The number of hydrogen-bond donors (Lipinski definition) is 0. The van der Waals surface area contributed by atoms with Gasteiger partial charge >= 0.3 is 12.3 Å². The third-order valence-corrected chi connectivity index (χ3v) is 6.68. The number of ether oxygens (including phenoxy) is 4. The molecule has 206 valence electrons. The Balaban J connectivity index is 2.10. The zero-order valence-corrected chi connectivity index (χ0v) is 23.2. The van der Waals surface area contributed by atoms with E-state index in [1.54, 1.807) is 0 Å². The van der Waals surface area contributed by atoms with E-state index in [1.807, 2.05) is 0 Å². The molecule has 0 aromatic heterocycles. The Hall–Kier alpha value is -1.46. The first-order valence-corrected chi connectivity index (χ1v) is 14.5. The van der Waals surface area contributed by atoms with Crippen molar-refractivity contribution in [3.05, 3.63) is 0 Å². The summed E-state index contributed by atoms with van der Waals surface area (Å²) in [5.41, 5.74) is 0. The third kappa shape index (κ3) is 18.5. The van der Waals surface area contributed by atoms with Crippen LogP contribution >= 0.6 is 0 Å². The van der Waals surface area contributed by atoms with Gasteiger partial charge in [0.2, 0.25) is 0 Å². The average molecular weight is 499 g/mol. The van der Waals surface area contributed by atoms with Crippen LogP contribution in [0.1, 0.15) is 137 Å². The SMILES string of the molecule is CC(C)CCCCCCCCOC(=O)OC1CCCCC1OC(=O)OCCCCCCCC(C)C. The Labute approximate surface area is 215 Å². The first-order valence-electron chi connectivity index (χ1n) is 14.5.